The van der Waals surface area contributed by atoms with Gasteiger partial charge in [-0.05, 0) is 20.3 Å². The van der Waals surface area contributed by atoms with Gasteiger partial charge >= 0.3 is 0 Å². The quantitative estimate of drug-likeness (QED) is 0.509. The molecule has 58 valence electrons. The molecule has 0 aromatic carbocycles. The largest absolute Gasteiger partial charge is 0.310 e. The number of carbonyl (C=O) groups excluding carboxylic acids is 1. The molecule has 2 nitrogen and oxygen atoms in total. The summed E-state index contributed by atoms with van der Waals surface area (Å²) in [5.74, 6) is -0.0532. The van der Waals surface area contributed by atoms with Crippen LogP contribution in [0, 0.1) is 0 Å². The first-order valence-corrected chi connectivity index (χ1v) is 3.58. The number of hydrogen-bond donors (Lipinski definition) is 0. The maximum atomic E-state index is 12.6. The Bertz CT molecular complexity index is 147. The van der Waals surface area contributed by atoms with Crippen LogP contribution in [0.25, 0.3) is 0 Å². The lowest BCUT2D eigenvalue weighted by Crippen LogP contribution is -2.36. The molecular weight excluding hydrogens is 133 g/mol. The molecule has 1 heterocycles. The number of alkyl halides is 1. The predicted molar refractivity (Wildman–Crippen MR) is 36.1 cm³/mol. The smallest absolute Gasteiger partial charge is 0.225 e. The predicted octanol–water partition coefficient (Wildman–Crippen LogP) is 1.31. The van der Waals surface area contributed by atoms with Gasteiger partial charge < -0.3 is 4.90 Å². The first-order chi connectivity index (χ1) is 4.63. The minimum atomic E-state index is -1.12. The number of hydrogen-bond acceptors (Lipinski definition) is 1. The molecule has 3 heteroatoms. The third-order valence-corrected chi connectivity index (χ3v) is 1.92. The highest BCUT2D eigenvalue weighted by Gasteiger charge is 2.30. The van der Waals surface area contributed by atoms with Gasteiger partial charge in [-0.25, -0.2) is 4.39 Å². The Kier molecular flexibility index (Phi) is 1.92. The molecule has 1 fully saturated rings. The minimum Gasteiger partial charge on any atom is -0.310 e. The van der Waals surface area contributed by atoms with Gasteiger partial charge in [-0.15, -0.1) is 0 Å². The van der Waals surface area contributed by atoms with Gasteiger partial charge in [0.25, 0.3) is 0 Å². The van der Waals surface area contributed by atoms with Crippen molar-refractivity contribution >= 4 is 5.91 Å². The topological polar surface area (TPSA) is 20.3 Å². The molecule has 0 radical (unpaired) electrons. The third-order valence-electron chi connectivity index (χ3n) is 1.92. The van der Waals surface area contributed by atoms with Crippen molar-refractivity contribution in [3.63, 3.8) is 0 Å². The van der Waals surface area contributed by atoms with E-state index in [1.54, 1.807) is 0 Å². The van der Waals surface area contributed by atoms with Gasteiger partial charge in [0.05, 0.1) is 0 Å². The Morgan fingerprint density at radius 3 is 2.60 bits per heavy atom. The molecule has 0 aromatic heterocycles. The van der Waals surface area contributed by atoms with Crippen LogP contribution in [0.2, 0.25) is 0 Å². The lowest BCUT2D eigenvalue weighted by Gasteiger charge is -2.22. The molecule has 1 saturated heterocycles. The molecule has 1 rings (SSSR count). The van der Waals surface area contributed by atoms with Crippen LogP contribution in [0.1, 0.15) is 26.7 Å². The van der Waals surface area contributed by atoms with E-state index in [2.05, 4.69) is 0 Å². The van der Waals surface area contributed by atoms with Gasteiger partial charge in [-0.1, -0.05) is 0 Å². The summed E-state index contributed by atoms with van der Waals surface area (Å²) < 4.78 is 12.6. The van der Waals surface area contributed by atoms with Gasteiger partial charge in [0.1, 0.15) is 0 Å². The molecule has 0 aliphatic carbocycles. The van der Waals surface area contributed by atoms with Gasteiger partial charge in [0.2, 0.25) is 5.91 Å². The first kappa shape index (κ1) is 7.51. The van der Waals surface area contributed by atoms with E-state index in [0.29, 0.717) is 6.42 Å². The maximum absolute atomic E-state index is 12.6. The van der Waals surface area contributed by atoms with Crippen molar-refractivity contribution in [2.24, 2.45) is 0 Å². The third kappa shape index (κ3) is 1.13. The van der Waals surface area contributed by atoms with Crippen LogP contribution in [0.4, 0.5) is 4.39 Å². The van der Waals surface area contributed by atoms with Crippen molar-refractivity contribution in [2.45, 2.75) is 39.0 Å². The Morgan fingerprint density at radius 1 is 1.80 bits per heavy atom. The SMILES string of the molecule is CC(F)N1C(=O)CCC1C. The molecule has 2 unspecified atom stereocenters. The van der Waals surface area contributed by atoms with Gasteiger partial charge in [-0.3, -0.25) is 4.79 Å². The second kappa shape index (κ2) is 2.56. The zero-order chi connectivity index (χ0) is 7.72. The Labute approximate surface area is 60.0 Å². The molecule has 1 amide bonds. The second-order valence-electron chi connectivity index (χ2n) is 2.76. The zero-order valence-corrected chi connectivity index (χ0v) is 6.30. The molecule has 0 aromatic rings. The van der Waals surface area contributed by atoms with Crippen LogP contribution < -0.4 is 0 Å². The number of rotatable bonds is 1. The normalized spacial score (nSPS) is 29.3. The average molecular weight is 145 g/mol. The average Bonchev–Trinajstić information content (AvgIpc) is 2.11. The summed E-state index contributed by atoms with van der Waals surface area (Å²) in [5.41, 5.74) is 0. The highest BCUT2D eigenvalue weighted by Crippen LogP contribution is 2.20. The van der Waals surface area contributed by atoms with E-state index in [0.717, 1.165) is 6.42 Å². The number of halogens is 1. The molecule has 2 atom stereocenters. The summed E-state index contributed by atoms with van der Waals surface area (Å²) in [5, 5.41) is 0. The number of nitrogens with zero attached hydrogens (tertiary/aromatic N) is 1. The fourth-order valence-corrected chi connectivity index (χ4v) is 1.40. The molecule has 10 heavy (non-hydrogen) atoms. The first-order valence-electron chi connectivity index (χ1n) is 3.58. The van der Waals surface area contributed by atoms with Crippen LogP contribution in [-0.4, -0.2) is 23.1 Å². The Morgan fingerprint density at radius 2 is 2.40 bits per heavy atom. The standard InChI is InChI=1S/C7H12FNO/c1-5-3-4-7(10)9(5)6(2)8/h5-6H,3-4H2,1-2H3. The Hall–Kier alpha value is -0.600. The molecule has 0 saturated carbocycles. The summed E-state index contributed by atoms with van der Waals surface area (Å²) >= 11 is 0. The van der Waals surface area contributed by atoms with Crippen LogP contribution in [-0.2, 0) is 4.79 Å². The molecular formula is C7H12FNO. The molecule has 0 N–H and O–H groups in total. The number of likely N-dealkylation sites (tertiary alicyclic amines) is 1. The van der Waals surface area contributed by atoms with Crippen LogP contribution in [0.5, 0.6) is 0 Å². The fraction of sp³-hybridized carbons (Fsp3) is 0.857. The zero-order valence-electron chi connectivity index (χ0n) is 6.30. The van der Waals surface area contributed by atoms with Gasteiger partial charge in [0.15, 0.2) is 6.30 Å². The number of amides is 1. The summed E-state index contributed by atoms with van der Waals surface area (Å²) in [6.07, 6.45) is 0.188. The summed E-state index contributed by atoms with van der Waals surface area (Å²) in [6, 6.07) is 0.0903. The van der Waals surface area contributed by atoms with Crippen molar-refractivity contribution in [1.29, 1.82) is 0 Å². The fourth-order valence-electron chi connectivity index (χ4n) is 1.40. The van der Waals surface area contributed by atoms with Crippen molar-refractivity contribution in [2.75, 3.05) is 0 Å². The highest BCUT2D eigenvalue weighted by atomic mass is 19.1. The lowest BCUT2D eigenvalue weighted by atomic mass is 10.2. The summed E-state index contributed by atoms with van der Waals surface area (Å²) in [7, 11) is 0. The van der Waals surface area contributed by atoms with Crippen molar-refractivity contribution < 1.29 is 9.18 Å². The Balaban J connectivity index is 2.63. The molecule has 1 aliphatic heterocycles. The minimum absolute atomic E-state index is 0.0532. The van der Waals surface area contributed by atoms with Crippen molar-refractivity contribution in [3.05, 3.63) is 0 Å². The maximum Gasteiger partial charge on any atom is 0.225 e. The second-order valence-corrected chi connectivity index (χ2v) is 2.76. The highest BCUT2D eigenvalue weighted by molar-refractivity contribution is 5.78. The van der Waals surface area contributed by atoms with Gasteiger partial charge in [-0.2, -0.15) is 0 Å². The monoisotopic (exact) mass is 145 g/mol. The van der Waals surface area contributed by atoms with E-state index in [1.165, 1.54) is 11.8 Å². The number of carbonyl (C=O) groups is 1. The van der Waals surface area contributed by atoms with Crippen LogP contribution in [0.15, 0.2) is 0 Å². The van der Waals surface area contributed by atoms with Crippen LogP contribution in [0.3, 0.4) is 0 Å². The summed E-state index contributed by atoms with van der Waals surface area (Å²) in [6.45, 7) is 3.28. The van der Waals surface area contributed by atoms with Crippen LogP contribution >= 0.6 is 0 Å². The molecule has 0 bridgehead atoms. The summed E-state index contributed by atoms with van der Waals surface area (Å²) in [4.78, 5) is 12.2. The van der Waals surface area contributed by atoms with E-state index in [9.17, 15) is 9.18 Å². The van der Waals surface area contributed by atoms with E-state index in [-0.39, 0.29) is 11.9 Å². The van der Waals surface area contributed by atoms with Crippen molar-refractivity contribution in [3.8, 4) is 0 Å². The van der Waals surface area contributed by atoms with E-state index < -0.39 is 6.30 Å². The van der Waals surface area contributed by atoms with E-state index >= 15 is 0 Å². The van der Waals surface area contributed by atoms with Gasteiger partial charge in [0, 0.05) is 12.5 Å². The lowest BCUT2D eigenvalue weighted by molar-refractivity contribution is -0.133. The molecule has 1 aliphatic rings. The van der Waals surface area contributed by atoms with E-state index in [4.69, 9.17) is 0 Å². The van der Waals surface area contributed by atoms with Crippen molar-refractivity contribution in [1.82, 2.24) is 4.90 Å². The van der Waals surface area contributed by atoms with E-state index in [1.807, 2.05) is 6.92 Å². The molecule has 0 spiro atoms.